The predicted molar refractivity (Wildman–Crippen MR) is 137 cm³/mol. The van der Waals surface area contributed by atoms with E-state index < -0.39 is 12.0 Å². The van der Waals surface area contributed by atoms with Gasteiger partial charge in [-0.25, -0.2) is 9.48 Å². The van der Waals surface area contributed by atoms with Crippen LogP contribution < -0.4 is 15.4 Å². The quantitative estimate of drug-likeness (QED) is 0.296. The number of carbonyl (C=O) groups is 3. The SMILES string of the molecule is CCCCOC(=O)c1ccc(NC(=O)CC2C(=O)Nc3c(-c4ccc(OC)cc4)c(COC)nn32)cc1. The molecule has 194 valence electrons. The van der Waals surface area contributed by atoms with Crippen molar-refractivity contribution in [2.75, 3.05) is 31.5 Å². The Bertz CT molecular complexity index is 1270. The number of carbonyl (C=O) groups excluding carboxylic acids is 3. The van der Waals surface area contributed by atoms with Gasteiger partial charge in [-0.05, 0) is 48.4 Å². The molecule has 1 atom stereocenters. The highest BCUT2D eigenvalue weighted by Gasteiger charge is 2.37. The molecule has 1 aromatic heterocycles. The topological polar surface area (TPSA) is 121 Å². The van der Waals surface area contributed by atoms with Gasteiger partial charge in [0.05, 0.1) is 38.0 Å². The van der Waals surface area contributed by atoms with E-state index in [0.29, 0.717) is 35.1 Å². The van der Waals surface area contributed by atoms with E-state index in [0.717, 1.165) is 24.0 Å². The Balaban J connectivity index is 1.47. The van der Waals surface area contributed by atoms with Crippen LogP contribution in [0.4, 0.5) is 11.5 Å². The first-order chi connectivity index (χ1) is 17.9. The summed E-state index contributed by atoms with van der Waals surface area (Å²) in [6.07, 6.45) is 1.63. The number of aromatic nitrogens is 2. The van der Waals surface area contributed by atoms with Crippen LogP contribution in [0.15, 0.2) is 48.5 Å². The molecule has 1 aliphatic heterocycles. The molecular formula is C27H30N4O6. The van der Waals surface area contributed by atoms with Crippen LogP contribution in [0.2, 0.25) is 0 Å². The van der Waals surface area contributed by atoms with Crippen molar-refractivity contribution in [1.29, 1.82) is 0 Å². The van der Waals surface area contributed by atoms with Crippen molar-refractivity contribution < 1.29 is 28.6 Å². The molecule has 0 fully saturated rings. The third kappa shape index (κ3) is 5.80. The highest BCUT2D eigenvalue weighted by Crippen LogP contribution is 2.39. The average Bonchev–Trinajstić information content (AvgIpc) is 3.39. The molecule has 3 aromatic rings. The standard InChI is InChI=1S/C27H30N4O6/c1-4-5-14-37-27(34)18-6-10-19(11-7-18)28-23(32)15-22-26(33)29-25-24(21(16-35-2)30-31(22)25)17-8-12-20(36-3)13-9-17/h6-13,22H,4-5,14-16H2,1-3H3,(H,28,32)(H,29,33). The van der Waals surface area contributed by atoms with E-state index >= 15 is 0 Å². The second-order valence-corrected chi connectivity index (χ2v) is 8.60. The van der Waals surface area contributed by atoms with Gasteiger partial charge in [-0.2, -0.15) is 5.10 Å². The van der Waals surface area contributed by atoms with Crippen molar-refractivity contribution in [3.05, 3.63) is 59.8 Å². The molecule has 4 rings (SSSR count). The summed E-state index contributed by atoms with van der Waals surface area (Å²) < 4.78 is 17.3. The number of nitrogens with one attached hydrogen (secondary N) is 2. The zero-order chi connectivity index (χ0) is 26.4. The van der Waals surface area contributed by atoms with E-state index in [-0.39, 0.29) is 24.8 Å². The summed E-state index contributed by atoms with van der Waals surface area (Å²) in [5.74, 6) is 0.147. The van der Waals surface area contributed by atoms with Gasteiger partial charge in [-0.15, -0.1) is 0 Å². The maximum absolute atomic E-state index is 12.8. The van der Waals surface area contributed by atoms with Crippen LogP contribution in [-0.4, -0.2) is 48.4 Å². The van der Waals surface area contributed by atoms with Crippen LogP contribution in [0.3, 0.4) is 0 Å². The molecule has 2 heterocycles. The molecule has 1 unspecified atom stereocenters. The Hall–Kier alpha value is -4.18. The first-order valence-electron chi connectivity index (χ1n) is 12.1. The highest BCUT2D eigenvalue weighted by molar-refractivity contribution is 6.04. The molecule has 2 aromatic carbocycles. The summed E-state index contributed by atoms with van der Waals surface area (Å²) in [6, 6.07) is 13.0. The molecule has 10 heteroatoms. The van der Waals surface area contributed by atoms with Crippen LogP contribution in [0, 0.1) is 0 Å². The molecule has 2 amide bonds. The Morgan fingerprint density at radius 3 is 2.46 bits per heavy atom. The Labute approximate surface area is 214 Å². The minimum Gasteiger partial charge on any atom is -0.497 e. The van der Waals surface area contributed by atoms with Gasteiger partial charge in [-0.1, -0.05) is 25.5 Å². The highest BCUT2D eigenvalue weighted by atomic mass is 16.5. The molecule has 2 N–H and O–H groups in total. The normalized spacial score (nSPS) is 14.1. The maximum atomic E-state index is 12.8. The number of unbranched alkanes of at least 4 members (excludes halogenated alkanes) is 1. The van der Waals surface area contributed by atoms with Crippen LogP contribution in [0.5, 0.6) is 5.75 Å². The van der Waals surface area contributed by atoms with Crippen LogP contribution >= 0.6 is 0 Å². The summed E-state index contributed by atoms with van der Waals surface area (Å²) in [5, 5.41) is 10.3. The number of fused-ring (bicyclic) bond motifs is 1. The van der Waals surface area contributed by atoms with E-state index in [1.165, 1.54) is 0 Å². The molecule has 0 aliphatic carbocycles. The molecule has 10 nitrogen and oxygen atoms in total. The second kappa shape index (κ2) is 11.7. The molecule has 0 saturated carbocycles. The van der Waals surface area contributed by atoms with Gasteiger partial charge in [0.1, 0.15) is 17.6 Å². The van der Waals surface area contributed by atoms with E-state index in [1.807, 2.05) is 31.2 Å². The van der Waals surface area contributed by atoms with E-state index in [2.05, 4.69) is 15.7 Å². The first-order valence-corrected chi connectivity index (χ1v) is 12.1. The summed E-state index contributed by atoms with van der Waals surface area (Å²) in [7, 11) is 3.16. The van der Waals surface area contributed by atoms with Crippen molar-refractivity contribution >= 4 is 29.3 Å². The predicted octanol–water partition coefficient (Wildman–Crippen LogP) is 4.18. The number of rotatable bonds is 11. The molecule has 0 saturated heterocycles. The smallest absolute Gasteiger partial charge is 0.338 e. The number of esters is 1. The van der Waals surface area contributed by atoms with Crippen LogP contribution in [-0.2, 0) is 25.7 Å². The van der Waals surface area contributed by atoms with Gasteiger partial charge in [0, 0.05) is 18.4 Å². The molecule has 1 aliphatic rings. The minimum absolute atomic E-state index is 0.115. The van der Waals surface area contributed by atoms with Crippen molar-refractivity contribution in [1.82, 2.24) is 9.78 Å². The Morgan fingerprint density at radius 1 is 1.08 bits per heavy atom. The first kappa shape index (κ1) is 25.9. The lowest BCUT2D eigenvalue weighted by atomic mass is 10.1. The zero-order valence-electron chi connectivity index (χ0n) is 21.1. The molecule has 37 heavy (non-hydrogen) atoms. The molecular weight excluding hydrogens is 476 g/mol. The largest absolute Gasteiger partial charge is 0.497 e. The van der Waals surface area contributed by atoms with Gasteiger partial charge in [0.25, 0.3) is 5.91 Å². The van der Waals surface area contributed by atoms with Gasteiger partial charge < -0.3 is 24.8 Å². The molecule has 0 spiro atoms. The average molecular weight is 507 g/mol. The zero-order valence-corrected chi connectivity index (χ0v) is 21.1. The van der Waals surface area contributed by atoms with E-state index in [1.54, 1.807) is 43.2 Å². The summed E-state index contributed by atoms with van der Waals surface area (Å²) >= 11 is 0. The fourth-order valence-corrected chi connectivity index (χ4v) is 4.09. The van der Waals surface area contributed by atoms with Gasteiger partial charge in [-0.3, -0.25) is 9.59 Å². The van der Waals surface area contributed by atoms with Crippen molar-refractivity contribution in [3.8, 4) is 16.9 Å². The number of ether oxygens (including phenoxy) is 3. The van der Waals surface area contributed by atoms with E-state index in [4.69, 9.17) is 14.2 Å². The van der Waals surface area contributed by atoms with Crippen LogP contribution in [0.1, 0.15) is 48.3 Å². The Kier molecular flexibility index (Phi) is 8.19. The lowest BCUT2D eigenvalue weighted by Crippen LogP contribution is -2.24. The van der Waals surface area contributed by atoms with Gasteiger partial charge in [0.2, 0.25) is 5.91 Å². The number of anilines is 2. The molecule has 0 bridgehead atoms. The van der Waals surface area contributed by atoms with Gasteiger partial charge in [0.15, 0.2) is 0 Å². The van der Waals surface area contributed by atoms with Crippen molar-refractivity contribution in [2.24, 2.45) is 0 Å². The van der Waals surface area contributed by atoms with E-state index in [9.17, 15) is 14.4 Å². The summed E-state index contributed by atoms with van der Waals surface area (Å²) in [4.78, 5) is 37.7. The summed E-state index contributed by atoms with van der Waals surface area (Å²) in [5.41, 5.74) is 3.14. The Morgan fingerprint density at radius 2 is 1.81 bits per heavy atom. The third-order valence-electron chi connectivity index (χ3n) is 6.00. The second-order valence-electron chi connectivity index (χ2n) is 8.60. The minimum atomic E-state index is -0.814. The van der Waals surface area contributed by atoms with Gasteiger partial charge >= 0.3 is 5.97 Å². The number of nitrogens with zero attached hydrogens (tertiary/aromatic N) is 2. The monoisotopic (exact) mass is 506 g/mol. The fraction of sp³-hybridized carbons (Fsp3) is 0.333. The number of hydrogen-bond acceptors (Lipinski definition) is 7. The maximum Gasteiger partial charge on any atom is 0.338 e. The van der Waals surface area contributed by atoms with Crippen LogP contribution in [0.25, 0.3) is 11.1 Å². The number of methoxy groups -OCH3 is 2. The van der Waals surface area contributed by atoms with Crippen molar-refractivity contribution in [3.63, 3.8) is 0 Å². The third-order valence-corrected chi connectivity index (χ3v) is 6.00. The lowest BCUT2D eigenvalue weighted by Gasteiger charge is -2.11. The fourth-order valence-electron chi connectivity index (χ4n) is 4.09. The number of hydrogen-bond donors (Lipinski definition) is 2. The molecule has 0 radical (unpaired) electrons. The lowest BCUT2D eigenvalue weighted by molar-refractivity contribution is -0.123. The number of benzene rings is 2. The summed E-state index contributed by atoms with van der Waals surface area (Å²) in [6.45, 7) is 2.63. The number of amides is 2. The van der Waals surface area contributed by atoms with Crippen molar-refractivity contribution in [2.45, 2.75) is 38.8 Å².